The molecular formula is C14H20N2O7. The molecule has 0 amide bonds. The standard InChI is InChI=1S/C14H20N2O7/c1-3-8(13(20)21)16-10-5-14(22,7-17)4-9(12(10)23-2)15-6-11(18)19/h3,16-17,22H,4-7H2,1-2H3,(H,18,19)(H,20,21)/b8-3+,15-9?/t14-/m0/s1. The minimum absolute atomic E-state index is 0.0939. The predicted octanol–water partition coefficient (Wildman–Crippen LogP) is -0.535. The number of ether oxygens (including phenoxy) is 1. The average molecular weight is 328 g/mol. The Morgan fingerprint density at radius 2 is 2.04 bits per heavy atom. The zero-order valence-electron chi connectivity index (χ0n) is 12.9. The number of aliphatic imine (C=N–C) groups is 1. The molecule has 0 fully saturated rings. The second-order valence-electron chi connectivity index (χ2n) is 5.04. The molecule has 1 rings (SSSR count). The monoisotopic (exact) mass is 328 g/mol. The largest absolute Gasteiger partial charge is 0.493 e. The number of hydrogen-bond donors (Lipinski definition) is 5. The fourth-order valence-electron chi connectivity index (χ4n) is 2.19. The van der Waals surface area contributed by atoms with Crippen LogP contribution in [0.4, 0.5) is 0 Å². The summed E-state index contributed by atoms with van der Waals surface area (Å²) in [6, 6.07) is 0. The van der Waals surface area contributed by atoms with E-state index in [0.29, 0.717) is 0 Å². The van der Waals surface area contributed by atoms with Crippen molar-refractivity contribution in [2.75, 3.05) is 20.3 Å². The van der Waals surface area contributed by atoms with Crippen LogP contribution >= 0.6 is 0 Å². The van der Waals surface area contributed by atoms with Crippen LogP contribution in [-0.4, -0.2) is 63.9 Å². The lowest BCUT2D eigenvalue weighted by Gasteiger charge is -2.34. The van der Waals surface area contributed by atoms with E-state index in [1.807, 2.05) is 0 Å². The number of methoxy groups -OCH3 is 1. The molecule has 0 aromatic rings. The third kappa shape index (κ3) is 4.80. The van der Waals surface area contributed by atoms with Crippen LogP contribution in [0, 0.1) is 0 Å². The van der Waals surface area contributed by atoms with Gasteiger partial charge in [0.15, 0.2) is 5.76 Å². The first-order chi connectivity index (χ1) is 10.8. The molecule has 0 aliphatic heterocycles. The average Bonchev–Trinajstić information content (AvgIpc) is 2.49. The number of carboxylic acid groups (broad SMARTS) is 2. The van der Waals surface area contributed by atoms with Gasteiger partial charge in [-0.3, -0.25) is 9.79 Å². The van der Waals surface area contributed by atoms with E-state index in [1.165, 1.54) is 20.1 Å². The van der Waals surface area contributed by atoms with E-state index in [0.717, 1.165) is 0 Å². The molecule has 1 aliphatic carbocycles. The molecule has 0 aromatic heterocycles. The number of aliphatic hydroxyl groups excluding tert-OH is 1. The van der Waals surface area contributed by atoms with Crippen LogP contribution < -0.4 is 5.32 Å². The lowest BCUT2D eigenvalue weighted by molar-refractivity contribution is -0.135. The van der Waals surface area contributed by atoms with E-state index in [-0.39, 0.29) is 35.7 Å². The van der Waals surface area contributed by atoms with Gasteiger partial charge in [0.05, 0.1) is 30.7 Å². The summed E-state index contributed by atoms with van der Waals surface area (Å²) in [4.78, 5) is 25.7. The summed E-state index contributed by atoms with van der Waals surface area (Å²) >= 11 is 0. The topological polar surface area (TPSA) is 149 Å². The summed E-state index contributed by atoms with van der Waals surface area (Å²) in [5.74, 6) is -2.22. The third-order valence-electron chi connectivity index (χ3n) is 3.25. The molecule has 9 heteroatoms. The number of nitrogens with one attached hydrogen (secondary N) is 1. The number of allylic oxidation sites excluding steroid dienone is 2. The van der Waals surface area contributed by atoms with Crippen molar-refractivity contribution in [3.8, 4) is 0 Å². The van der Waals surface area contributed by atoms with Crippen molar-refractivity contribution in [2.24, 2.45) is 4.99 Å². The molecule has 0 saturated heterocycles. The highest BCUT2D eigenvalue weighted by Crippen LogP contribution is 2.30. The van der Waals surface area contributed by atoms with Crippen molar-refractivity contribution >= 4 is 17.7 Å². The van der Waals surface area contributed by atoms with Gasteiger partial charge < -0.3 is 30.5 Å². The van der Waals surface area contributed by atoms with Crippen LogP contribution in [0.2, 0.25) is 0 Å². The Hall–Kier alpha value is -2.39. The van der Waals surface area contributed by atoms with Crippen molar-refractivity contribution in [3.63, 3.8) is 0 Å². The summed E-state index contributed by atoms with van der Waals surface area (Å²) < 4.78 is 5.19. The molecule has 23 heavy (non-hydrogen) atoms. The van der Waals surface area contributed by atoms with Crippen LogP contribution in [0.25, 0.3) is 0 Å². The van der Waals surface area contributed by atoms with E-state index in [2.05, 4.69) is 10.3 Å². The van der Waals surface area contributed by atoms with Crippen LogP contribution in [0.5, 0.6) is 0 Å². The fraction of sp³-hybridized carbons (Fsp3) is 0.500. The smallest absolute Gasteiger partial charge is 0.351 e. The molecule has 0 spiro atoms. The van der Waals surface area contributed by atoms with Crippen LogP contribution in [-0.2, 0) is 14.3 Å². The van der Waals surface area contributed by atoms with Crippen molar-refractivity contribution in [1.29, 1.82) is 0 Å². The highest BCUT2D eigenvalue weighted by Gasteiger charge is 2.38. The zero-order chi connectivity index (χ0) is 17.6. The number of nitrogens with zero attached hydrogens (tertiary/aromatic N) is 1. The van der Waals surface area contributed by atoms with Gasteiger partial charge in [-0.1, -0.05) is 6.08 Å². The maximum atomic E-state index is 11.1. The second-order valence-corrected chi connectivity index (χ2v) is 5.04. The van der Waals surface area contributed by atoms with E-state index >= 15 is 0 Å². The maximum Gasteiger partial charge on any atom is 0.351 e. The number of aliphatic hydroxyl groups is 2. The van der Waals surface area contributed by atoms with Crippen LogP contribution in [0.15, 0.2) is 28.2 Å². The molecule has 0 bridgehead atoms. The molecule has 5 N–H and O–H groups in total. The fourth-order valence-corrected chi connectivity index (χ4v) is 2.19. The Labute approximate surface area is 132 Å². The van der Waals surface area contributed by atoms with Gasteiger partial charge in [0, 0.05) is 12.8 Å². The van der Waals surface area contributed by atoms with Crippen molar-refractivity contribution in [3.05, 3.63) is 23.2 Å². The molecule has 1 atom stereocenters. The Morgan fingerprint density at radius 3 is 2.48 bits per heavy atom. The number of rotatable bonds is 7. The number of carbonyl (C=O) groups is 2. The molecule has 128 valence electrons. The van der Waals surface area contributed by atoms with E-state index < -0.39 is 30.7 Å². The molecule has 1 aliphatic rings. The third-order valence-corrected chi connectivity index (χ3v) is 3.25. The zero-order valence-corrected chi connectivity index (χ0v) is 12.9. The molecular weight excluding hydrogens is 308 g/mol. The van der Waals surface area contributed by atoms with Crippen molar-refractivity contribution in [1.82, 2.24) is 5.32 Å². The normalized spacial score (nSPS) is 23.8. The van der Waals surface area contributed by atoms with Gasteiger partial charge >= 0.3 is 11.9 Å². The Bertz CT molecular complexity index is 580. The van der Waals surface area contributed by atoms with Gasteiger partial charge in [0.2, 0.25) is 0 Å². The van der Waals surface area contributed by atoms with Crippen molar-refractivity contribution < 1.29 is 34.8 Å². The van der Waals surface area contributed by atoms with Crippen LogP contribution in [0.1, 0.15) is 19.8 Å². The van der Waals surface area contributed by atoms with E-state index in [1.54, 1.807) is 0 Å². The van der Waals surface area contributed by atoms with E-state index in [4.69, 9.17) is 14.9 Å². The van der Waals surface area contributed by atoms with Gasteiger partial charge in [-0.05, 0) is 6.92 Å². The highest BCUT2D eigenvalue weighted by molar-refractivity contribution is 6.01. The first-order valence-electron chi connectivity index (χ1n) is 6.78. The summed E-state index contributed by atoms with van der Waals surface area (Å²) in [6.45, 7) is 0.385. The lowest BCUT2D eigenvalue weighted by atomic mass is 9.85. The minimum Gasteiger partial charge on any atom is -0.493 e. The second kappa shape index (κ2) is 7.75. The number of aliphatic carboxylic acids is 2. The lowest BCUT2D eigenvalue weighted by Crippen LogP contribution is -2.43. The summed E-state index contributed by atoms with van der Waals surface area (Å²) in [6.07, 6.45) is 1.12. The first-order valence-corrected chi connectivity index (χ1v) is 6.78. The van der Waals surface area contributed by atoms with Gasteiger partial charge in [0.25, 0.3) is 0 Å². The molecule has 0 radical (unpaired) electrons. The predicted molar refractivity (Wildman–Crippen MR) is 79.8 cm³/mol. The highest BCUT2D eigenvalue weighted by atomic mass is 16.5. The maximum absolute atomic E-state index is 11.1. The van der Waals surface area contributed by atoms with Crippen molar-refractivity contribution in [2.45, 2.75) is 25.4 Å². The van der Waals surface area contributed by atoms with Gasteiger partial charge in [-0.15, -0.1) is 0 Å². The van der Waals surface area contributed by atoms with E-state index in [9.17, 15) is 19.8 Å². The summed E-state index contributed by atoms with van der Waals surface area (Å²) in [7, 11) is 1.33. The van der Waals surface area contributed by atoms with Gasteiger partial charge in [-0.25, -0.2) is 4.79 Å². The van der Waals surface area contributed by atoms with Crippen LogP contribution in [0.3, 0.4) is 0 Å². The Kier molecular flexibility index (Phi) is 6.28. The summed E-state index contributed by atoms with van der Waals surface area (Å²) in [5.41, 5.74) is -1.38. The molecule has 0 heterocycles. The summed E-state index contributed by atoms with van der Waals surface area (Å²) in [5, 5.41) is 40.2. The number of hydrogen-bond acceptors (Lipinski definition) is 7. The SMILES string of the molecule is C/C=C(/NC1=C(OC)C(=NCC(=O)O)C[C@@](O)(CO)C1)C(=O)O. The molecule has 0 saturated carbocycles. The van der Waals surface area contributed by atoms with Gasteiger partial charge in [-0.2, -0.15) is 0 Å². The molecule has 0 unspecified atom stereocenters. The quantitative estimate of drug-likeness (QED) is 0.391. The molecule has 9 nitrogen and oxygen atoms in total. The number of carboxylic acids is 2. The molecule has 0 aromatic carbocycles. The first kappa shape index (κ1) is 18.7. The Morgan fingerprint density at radius 1 is 1.39 bits per heavy atom. The Balaban J connectivity index is 3.30. The minimum atomic E-state index is -1.58. The van der Waals surface area contributed by atoms with Gasteiger partial charge in [0.1, 0.15) is 12.2 Å².